The number of hydrogen-bond donors (Lipinski definition) is 0. The summed E-state index contributed by atoms with van der Waals surface area (Å²) in [6.07, 6.45) is 4.92. The van der Waals surface area contributed by atoms with E-state index in [1.165, 1.54) is 6.20 Å². The van der Waals surface area contributed by atoms with Crippen molar-refractivity contribution >= 4 is 27.9 Å². The Morgan fingerprint density at radius 2 is 1.50 bits per heavy atom. The topological polar surface area (TPSA) is 30.2 Å². The fourth-order valence-electron chi connectivity index (χ4n) is 3.87. The molecule has 0 spiro atoms. The average molecular weight is 476 g/mol. The van der Waals surface area contributed by atoms with Gasteiger partial charge >= 0.3 is 158 Å². The molecule has 0 saturated carbocycles. The number of unbranched alkanes of at least 4 members (excludes halogenated alkanes) is 3. The van der Waals surface area contributed by atoms with Crippen molar-refractivity contribution in [2.45, 2.75) is 78.8 Å². The normalized spacial score (nSPS) is 12.8. The Labute approximate surface area is 158 Å². The second-order valence-corrected chi connectivity index (χ2v) is 20.1. The van der Waals surface area contributed by atoms with E-state index in [9.17, 15) is 13.2 Å². The predicted molar refractivity (Wildman–Crippen MR) is 103 cm³/mol. The maximum atomic E-state index is 13.9. The molecule has 0 radical (unpaired) electrons. The molecule has 0 aromatic carbocycles. The van der Waals surface area contributed by atoms with Gasteiger partial charge in [-0.15, -0.1) is 0 Å². The monoisotopic (exact) mass is 477 g/mol. The van der Waals surface area contributed by atoms with Gasteiger partial charge in [0.2, 0.25) is 0 Å². The Morgan fingerprint density at radius 3 is 1.96 bits per heavy atom. The van der Waals surface area contributed by atoms with E-state index in [1.807, 2.05) is 0 Å². The van der Waals surface area contributed by atoms with Gasteiger partial charge in [-0.05, 0) is 0 Å². The Morgan fingerprint density at radius 1 is 0.962 bits per heavy atom. The van der Waals surface area contributed by atoms with Crippen molar-refractivity contribution in [1.29, 1.82) is 0 Å². The van der Waals surface area contributed by atoms with Gasteiger partial charge in [0.05, 0.1) is 0 Å². The zero-order valence-electron chi connectivity index (χ0n) is 16.1. The number of imidazole rings is 1. The fourth-order valence-corrected chi connectivity index (χ4v) is 20.8. The van der Waals surface area contributed by atoms with Crippen LogP contribution in [0.5, 0.6) is 0 Å². The Kier molecular flexibility index (Phi) is 7.79. The molecule has 0 atom stereocenters. The fraction of sp³-hybridized carbons (Fsp3) is 0.684. The minimum absolute atomic E-state index is 0.195. The van der Waals surface area contributed by atoms with Crippen LogP contribution >= 0.6 is 0 Å². The molecule has 2 aromatic rings. The van der Waals surface area contributed by atoms with Gasteiger partial charge in [0.1, 0.15) is 0 Å². The summed E-state index contributed by atoms with van der Waals surface area (Å²) in [4.78, 5) is 8.07. The number of hydrogen-bond acceptors (Lipinski definition) is 2. The van der Waals surface area contributed by atoms with Crippen molar-refractivity contribution in [2.75, 3.05) is 0 Å². The van der Waals surface area contributed by atoms with E-state index in [-0.39, 0.29) is 5.78 Å². The van der Waals surface area contributed by atoms with E-state index in [0.717, 1.165) is 51.8 Å². The summed E-state index contributed by atoms with van der Waals surface area (Å²) in [7, 11) is 0. The third kappa shape index (κ3) is 4.73. The van der Waals surface area contributed by atoms with Crippen LogP contribution in [-0.2, 0) is 6.18 Å². The van der Waals surface area contributed by atoms with Crippen molar-refractivity contribution in [3.63, 3.8) is 0 Å². The molecular weight excluding hydrogens is 446 g/mol. The van der Waals surface area contributed by atoms with Crippen LogP contribution in [0.2, 0.25) is 13.3 Å². The van der Waals surface area contributed by atoms with Gasteiger partial charge in [-0.3, -0.25) is 0 Å². The Bertz CT molecular complexity index is 675. The molecule has 0 fully saturated rings. The molecular formula is C19H30F3N3Sn. The first-order valence-electron chi connectivity index (χ1n) is 9.80. The van der Waals surface area contributed by atoms with Crippen LogP contribution in [0.1, 0.15) is 65.0 Å². The van der Waals surface area contributed by atoms with Gasteiger partial charge in [0.25, 0.3) is 0 Å². The van der Waals surface area contributed by atoms with Gasteiger partial charge in [-0.1, -0.05) is 0 Å². The molecule has 146 valence electrons. The summed E-state index contributed by atoms with van der Waals surface area (Å²) in [6, 6.07) is 1.72. The molecule has 2 heterocycles. The van der Waals surface area contributed by atoms with Crippen LogP contribution in [0.25, 0.3) is 5.78 Å². The van der Waals surface area contributed by atoms with Crippen LogP contribution in [0.15, 0.2) is 18.5 Å². The number of aromatic nitrogens is 3. The van der Waals surface area contributed by atoms with Crippen molar-refractivity contribution in [3.8, 4) is 0 Å². The second kappa shape index (κ2) is 9.42. The molecule has 2 aromatic heterocycles. The summed E-state index contributed by atoms with van der Waals surface area (Å²) in [5, 5.41) is 0. The zero-order valence-corrected chi connectivity index (χ0v) is 18.9. The van der Waals surface area contributed by atoms with Crippen molar-refractivity contribution < 1.29 is 13.2 Å². The molecule has 0 bridgehead atoms. The van der Waals surface area contributed by atoms with Crippen LogP contribution in [0.3, 0.4) is 0 Å². The van der Waals surface area contributed by atoms with Crippen molar-refractivity contribution in [1.82, 2.24) is 14.4 Å². The summed E-state index contributed by atoms with van der Waals surface area (Å²) >= 11 is -3.31. The van der Waals surface area contributed by atoms with Crippen LogP contribution in [0.4, 0.5) is 13.2 Å². The van der Waals surface area contributed by atoms with Gasteiger partial charge in [0, 0.05) is 0 Å². The SMILES string of the molecule is CCC[CH2][Sn]([CH2]CCC)([CH2]CCC)[c]1c(C(F)(F)F)nc2ncccn12. The van der Waals surface area contributed by atoms with Crippen LogP contribution in [-0.4, -0.2) is 32.7 Å². The van der Waals surface area contributed by atoms with E-state index in [1.54, 1.807) is 16.7 Å². The number of alkyl halides is 3. The first kappa shape index (κ1) is 21.5. The van der Waals surface area contributed by atoms with Gasteiger partial charge in [-0.2, -0.15) is 0 Å². The summed E-state index contributed by atoms with van der Waals surface area (Å²) < 4.78 is 46.9. The predicted octanol–water partition coefficient (Wildman–Crippen LogP) is 5.80. The maximum absolute atomic E-state index is 13.9. The van der Waals surface area contributed by atoms with Gasteiger partial charge in [0.15, 0.2) is 0 Å². The summed E-state index contributed by atoms with van der Waals surface area (Å²) in [5.41, 5.74) is -0.657. The molecule has 2 rings (SSSR count). The van der Waals surface area contributed by atoms with E-state index >= 15 is 0 Å². The summed E-state index contributed by atoms with van der Waals surface area (Å²) in [5.74, 6) is 0.195. The minimum atomic E-state index is -4.42. The van der Waals surface area contributed by atoms with E-state index in [2.05, 4.69) is 30.7 Å². The number of nitrogens with zero attached hydrogens (tertiary/aromatic N) is 3. The van der Waals surface area contributed by atoms with E-state index in [4.69, 9.17) is 0 Å². The molecule has 0 aliphatic carbocycles. The first-order chi connectivity index (χ1) is 12.4. The van der Waals surface area contributed by atoms with E-state index < -0.39 is 30.2 Å². The standard InChI is InChI=1S/C7H3F3N3.3C4H9.Sn/c8-7(9,10)5-4-13-3-1-2-11-6(13)12-5;3*1-3-4-2;/h1-3H;3*1,3-4H2,2H3;. The molecule has 26 heavy (non-hydrogen) atoms. The van der Waals surface area contributed by atoms with Crippen LogP contribution < -0.4 is 3.71 Å². The van der Waals surface area contributed by atoms with Crippen LogP contribution in [0, 0.1) is 0 Å². The Hall–Kier alpha value is -0.791. The molecule has 3 nitrogen and oxygen atoms in total. The van der Waals surface area contributed by atoms with Crippen molar-refractivity contribution in [2.24, 2.45) is 0 Å². The quantitative estimate of drug-likeness (QED) is 0.406. The summed E-state index contributed by atoms with van der Waals surface area (Å²) in [6.45, 7) is 6.37. The molecule has 0 aliphatic rings. The average Bonchev–Trinajstić information content (AvgIpc) is 3.02. The first-order valence-corrected chi connectivity index (χ1v) is 17.3. The number of halogens is 3. The van der Waals surface area contributed by atoms with Crippen molar-refractivity contribution in [3.05, 3.63) is 24.2 Å². The third-order valence-electron chi connectivity index (χ3n) is 5.20. The molecule has 0 saturated heterocycles. The molecule has 0 N–H and O–H groups in total. The second-order valence-electron chi connectivity index (χ2n) is 7.19. The van der Waals surface area contributed by atoms with Gasteiger partial charge < -0.3 is 0 Å². The number of fused-ring (bicyclic) bond motifs is 1. The Balaban J connectivity index is 2.71. The molecule has 0 aliphatic heterocycles. The molecule has 0 amide bonds. The zero-order chi connectivity index (χ0) is 19.2. The third-order valence-corrected chi connectivity index (χ3v) is 20.7. The van der Waals surface area contributed by atoms with Gasteiger partial charge in [-0.25, -0.2) is 0 Å². The van der Waals surface area contributed by atoms with E-state index in [0.29, 0.717) is 3.71 Å². The molecule has 7 heteroatoms. The number of rotatable bonds is 10. The molecule has 0 unspecified atom stereocenters.